The molecule has 1 unspecified atom stereocenters. The van der Waals surface area contributed by atoms with Crippen molar-refractivity contribution in [1.29, 1.82) is 0 Å². The second-order valence-electron chi connectivity index (χ2n) is 9.75. The van der Waals surface area contributed by atoms with Gasteiger partial charge in [0, 0.05) is 31.1 Å². The van der Waals surface area contributed by atoms with Crippen LogP contribution in [0.2, 0.25) is 0 Å². The second kappa shape index (κ2) is 9.01. The molecule has 10 nitrogen and oxygen atoms in total. The third kappa shape index (κ3) is 4.96. The molecule has 5 rings (SSSR count). The summed E-state index contributed by atoms with van der Waals surface area (Å²) >= 11 is 0. The van der Waals surface area contributed by atoms with Crippen molar-refractivity contribution < 1.29 is 19.1 Å². The number of H-pyrrole nitrogens is 1. The molecule has 4 heterocycles. The number of benzene rings is 1. The summed E-state index contributed by atoms with van der Waals surface area (Å²) in [5, 5.41) is 0. The Kier molecular flexibility index (Phi) is 5.88. The fraction of sp³-hybridized carbons (Fsp3) is 0.400. The molecule has 1 aromatic carbocycles. The summed E-state index contributed by atoms with van der Waals surface area (Å²) in [5.74, 6) is 0.509. The van der Waals surface area contributed by atoms with Gasteiger partial charge in [-0.15, -0.1) is 0 Å². The van der Waals surface area contributed by atoms with Crippen molar-refractivity contribution >= 4 is 23.0 Å². The number of ether oxygens (including phenoxy) is 2. The molecule has 0 saturated carbocycles. The summed E-state index contributed by atoms with van der Waals surface area (Å²) in [6.07, 6.45) is 6.98. The molecule has 2 aliphatic heterocycles. The highest BCUT2D eigenvalue weighted by Crippen LogP contribution is 2.31. The van der Waals surface area contributed by atoms with Crippen LogP contribution in [0.4, 0.5) is 4.79 Å². The number of imidazole rings is 1. The van der Waals surface area contributed by atoms with Crippen LogP contribution < -0.4 is 4.74 Å². The summed E-state index contributed by atoms with van der Waals surface area (Å²) in [5.41, 5.74) is 1.70. The van der Waals surface area contributed by atoms with Crippen molar-refractivity contribution in [2.75, 3.05) is 19.6 Å². The number of para-hydroxylation sites is 2. The first kappa shape index (κ1) is 22.8. The van der Waals surface area contributed by atoms with Gasteiger partial charge in [0.1, 0.15) is 17.4 Å². The molecule has 0 spiro atoms. The molecular formula is C25H28N6O4. The van der Waals surface area contributed by atoms with Gasteiger partial charge in [0.2, 0.25) is 5.88 Å². The minimum absolute atomic E-state index is 0.0791. The van der Waals surface area contributed by atoms with E-state index in [1.165, 1.54) is 0 Å². The van der Waals surface area contributed by atoms with Crippen molar-refractivity contribution in [3.05, 3.63) is 60.5 Å². The van der Waals surface area contributed by atoms with E-state index in [-0.39, 0.29) is 17.9 Å². The summed E-state index contributed by atoms with van der Waals surface area (Å²) in [7, 11) is 0. The predicted molar refractivity (Wildman–Crippen MR) is 128 cm³/mol. The van der Waals surface area contributed by atoms with Crippen LogP contribution in [-0.2, 0) is 4.74 Å². The number of amides is 2. The van der Waals surface area contributed by atoms with Gasteiger partial charge < -0.3 is 19.4 Å². The van der Waals surface area contributed by atoms with Gasteiger partial charge in [0.25, 0.3) is 5.91 Å². The number of nitrogens with one attached hydrogen (secondary N) is 1. The third-order valence-corrected chi connectivity index (χ3v) is 5.83. The Labute approximate surface area is 203 Å². The monoisotopic (exact) mass is 476 g/mol. The summed E-state index contributed by atoms with van der Waals surface area (Å²) in [4.78, 5) is 44.9. The molecule has 3 aromatic rings. The lowest BCUT2D eigenvalue weighted by molar-refractivity contribution is 0.0142. The van der Waals surface area contributed by atoms with Gasteiger partial charge in [-0.3, -0.25) is 14.7 Å². The second-order valence-corrected chi connectivity index (χ2v) is 9.75. The highest BCUT2D eigenvalue weighted by molar-refractivity contribution is 5.94. The van der Waals surface area contributed by atoms with E-state index < -0.39 is 11.7 Å². The fourth-order valence-corrected chi connectivity index (χ4v) is 4.13. The van der Waals surface area contributed by atoms with Crippen molar-refractivity contribution in [2.45, 2.75) is 44.8 Å². The number of carbonyl (C=O) groups is 2. The van der Waals surface area contributed by atoms with Crippen LogP contribution in [0.25, 0.3) is 11.0 Å². The number of hydrogen-bond donors (Lipinski definition) is 1. The van der Waals surface area contributed by atoms with Crippen LogP contribution in [0.1, 0.15) is 49.4 Å². The molecule has 2 aromatic heterocycles. The Morgan fingerprint density at radius 1 is 1.09 bits per heavy atom. The molecular weight excluding hydrogens is 448 g/mol. The van der Waals surface area contributed by atoms with Crippen molar-refractivity contribution in [1.82, 2.24) is 29.7 Å². The number of allylic oxidation sites excluding steroid dienone is 1. The molecule has 35 heavy (non-hydrogen) atoms. The van der Waals surface area contributed by atoms with E-state index in [1.807, 2.05) is 51.1 Å². The molecule has 1 atom stereocenters. The highest BCUT2D eigenvalue weighted by atomic mass is 16.6. The standard InChI is InChI=1S/C25H28N6O4/c1-25(2,3)35-24(33)30-12-6-7-16(13-30)20-22(27-11-10-26-20)34-17-14-31(15-17)23(32)21-28-18-8-4-5-9-19(18)29-21/h4-6,8-12,16-17H,7,13-15H2,1-3H3,(H,28,29). The van der Waals surface area contributed by atoms with Gasteiger partial charge in [-0.1, -0.05) is 18.2 Å². The Morgan fingerprint density at radius 3 is 2.63 bits per heavy atom. The van der Waals surface area contributed by atoms with Gasteiger partial charge >= 0.3 is 6.09 Å². The Balaban J connectivity index is 1.21. The molecule has 1 fully saturated rings. The Morgan fingerprint density at radius 2 is 1.86 bits per heavy atom. The topological polar surface area (TPSA) is 114 Å². The van der Waals surface area contributed by atoms with E-state index in [9.17, 15) is 9.59 Å². The number of likely N-dealkylation sites (tertiary alicyclic amines) is 1. The number of rotatable bonds is 4. The minimum Gasteiger partial charge on any atom is -0.469 e. The van der Waals surface area contributed by atoms with Crippen LogP contribution in [0.5, 0.6) is 5.88 Å². The smallest absolute Gasteiger partial charge is 0.414 e. The molecule has 1 saturated heterocycles. The maximum atomic E-state index is 12.8. The number of hydrogen-bond acceptors (Lipinski definition) is 7. The van der Waals surface area contributed by atoms with Crippen LogP contribution >= 0.6 is 0 Å². The molecule has 2 aliphatic rings. The lowest BCUT2D eigenvalue weighted by Gasteiger charge is -2.38. The van der Waals surface area contributed by atoms with Gasteiger partial charge in [-0.2, -0.15) is 0 Å². The number of fused-ring (bicyclic) bond motifs is 1. The molecule has 10 heteroatoms. The van der Waals surface area contributed by atoms with E-state index in [1.54, 1.807) is 28.4 Å². The largest absolute Gasteiger partial charge is 0.469 e. The minimum atomic E-state index is -0.575. The van der Waals surface area contributed by atoms with Crippen LogP contribution in [-0.4, -0.2) is 73.1 Å². The SMILES string of the molecule is CC(C)(C)OC(=O)N1C=CCC(c2nccnc2OC2CN(C(=O)c3nc4ccccc4[nH]3)C2)C1. The zero-order valence-electron chi connectivity index (χ0n) is 20.0. The number of aromatic nitrogens is 4. The zero-order valence-corrected chi connectivity index (χ0v) is 20.0. The number of carbonyl (C=O) groups excluding carboxylic acids is 2. The molecule has 0 aliphatic carbocycles. The number of aromatic amines is 1. The molecule has 0 bridgehead atoms. The third-order valence-electron chi connectivity index (χ3n) is 5.83. The lowest BCUT2D eigenvalue weighted by atomic mass is 9.98. The first-order valence-electron chi connectivity index (χ1n) is 11.6. The van der Waals surface area contributed by atoms with E-state index in [4.69, 9.17) is 9.47 Å². The van der Waals surface area contributed by atoms with E-state index in [0.29, 0.717) is 43.5 Å². The average molecular weight is 477 g/mol. The maximum Gasteiger partial charge on any atom is 0.414 e. The summed E-state index contributed by atoms with van der Waals surface area (Å²) in [6.45, 7) is 6.80. The van der Waals surface area contributed by atoms with Crippen molar-refractivity contribution in [3.63, 3.8) is 0 Å². The van der Waals surface area contributed by atoms with E-state index in [0.717, 1.165) is 11.0 Å². The molecule has 0 radical (unpaired) electrons. The van der Waals surface area contributed by atoms with Crippen LogP contribution in [0.15, 0.2) is 48.9 Å². The summed E-state index contributed by atoms with van der Waals surface area (Å²) < 4.78 is 11.6. The van der Waals surface area contributed by atoms with E-state index in [2.05, 4.69) is 19.9 Å². The molecule has 2 amide bonds. The van der Waals surface area contributed by atoms with Gasteiger partial charge in [0.15, 0.2) is 5.82 Å². The van der Waals surface area contributed by atoms with Crippen molar-refractivity contribution in [3.8, 4) is 5.88 Å². The average Bonchev–Trinajstić information content (AvgIpc) is 3.24. The van der Waals surface area contributed by atoms with Gasteiger partial charge in [0.05, 0.1) is 24.1 Å². The molecule has 1 N–H and O–H groups in total. The normalized spacial score (nSPS) is 18.4. The zero-order chi connectivity index (χ0) is 24.6. The molecule has 182 valence electrons. The van der Waals surface area contributed by atoms with Crippen LogP contribution in [0.3, 0.4) is 0 Å². The van der Waals surface area contributed by atoms with Gasteiger partial charge in [-0.05, 0) is 39.3 Å². The van der Waals surface area contributed by atoms with E-state index >= 15 is 0 Å². The van der Waals surface area contributed by atoms with Crippen molar-refractivity contribution in [2.24, 2.45) is 0 Å². The van der Waals surface area contributed by atoms with Crippen LogP contribution in [0, 0.1) is 0 Å². The fourth-order valence-electron chi connectivity index (χ4n) is 4.13. The first-order valence-corrected chi connectivity index (χ1v) is 11.6. The first-order chi connectivity index (χ1) is 16.8. The predicted octanol–water partition coefficient (Wildman–Crippen LogP) is 3.49. The Hall–Kier alpha value is -3.95. The lowest BCUT2D eigenvalue weighted by Crippen LogP contribution is -2.56. The maximum absolute atomic E-state index is 12.8. The number of nitrogens with zero attached hydrogens (tertiary/aromatic N) is 5. The Bertz CT molecular complexity index is 1240. The quantitative estimate of drug-likeness (QED) is 0.613. The highest BCUT2D eigenvalue weighted by Gasteiger charge is 2.36. The summed E-state index contributed by atoms with van der Waals surface area (Å²) in [6, 6.07) is 7.54. The van der Waals surface area contributed by atoms with Gasteiger partial charge in [-0.25, -0.2) is 14.8 Å².